The molecule has 2 aliphatic heterocycles. The summed E-state index contributed by atoms with van der Waals surface area (Å²) in [5.74, 6) is 0.693. The molecule has 0 amide bonds. The van der Waals surface area contributed by atoms with Gasteiger partial charge >= 0.3 is 0 Å². The van der Waals surface area contributed by atoms with Crippen molar-refractivity contribution in [3.05, 3.63) is 36.0 Å². The molecule has 2 saturated heterocycles. The molecule has 6 aliphatic rings. The van der Waals surface area contributed by atoms with Crippen molar-refractivity contribution in [3.63, 3.8) is 0 Å². The minimum atomic E-state index is -0.746. The molecule has 4 aliphatic carbocycles. The molecule has 7 heteroatoms. The van der Waals surface area contributed by atoms with E-state index in [1.54, 1.807) is 12.2 Å². The van der Waals surface area contributed by atoms with Crippen LogP contribution in [0.4, 0.5) is 0 Å². The molecule has 2 heterocycles. The molecule has 11 atom stereocenters. The van der Waals surface area contributed by atoms with Crippen molar-refractivity contribution in [2.24, 2.45) is 28.6 Å². The number of allylic oxidation sites excluding steroid dienone is 4. The van der Waals surface area contributed by atoms with Crippen LogP contribution in [0.3, 0.4) is 0 Å². The molecule has 39 heavy (non-hydrogen) atoms. The highest BCUT2D eigenvalue weighted by Gasteiger charge is 2.74. The highest BCUT2D eigenvalue weighted by atomic mass is 16.7. The monoisotopic (exact) mass is 542 g/mol. The summed E-state index contributed by atoms with van der Waals surface area (Å²) in [5.41, 5.74) is 0.602. The van der Waals surface area contributed by atoms with Crippen LogP contribution >= 0.6 is 0 Å². The number of aliphatic hydroxyl groups is 2. The second-order valence-electron chi connectivity index (χ2n) is 13.4. The molecule has 6 rings (SSSR count). The van der Waals surface area contributed by atoms with E-state index in [0.29, 0.717) is 24.9 Å². The maximum atomic E-state index is 12.2. The van der Waals surface area contributed by atoms with Crippen LogP contribution in [0.25, 0.3) is 0 Å². The van der Waals surface area contributed by atoms with Gasteiger partial charge in [0.25, 0.3) is 0 Å². The van der Waals surface area contributed by atoms with Gasteiger partial charge in [-0.2, -0.15) is 0 Å². The molecule has 3 saturated carbocycles. The topological polar surface area (TPSA) is 94.5 Å². The summed E-state index contributed by atoms with van der Waals surface area (Å²) < 4.78 is 25.8. The van der Waals surface area contributed by atoms with Gasteiger partial charge in [-0.1, -0.05) is 45.4 Å². The Morgan fingerprint density at radius 3 is 2.82 bits per heavy atom. The van der Waals surface area contributed by atoms with E-state index < -0.39 is 11.7 Å². The predicted molar refractivity (Wildman–Crippen MR) is 145 cm³/mol. The molecule has 0 radical (unpaired) electrons. The summed E-state index contributed by atoms with van der Waals surface area (Å²) in [5, 5.41) is 21.5. The fourth-order valence-electron chi connectivity index (χ4n) is 9.58. The molecule has 4 unspecified atom stereocenters. The third-order valence-corrected chi connectivity index (χ3v) is 11.3. The van der Waals surface area contributed by atoms with Crippen molar-refractivity contribution in [2.75, 3.05) is 13.2 Å². The number of carbonyl (C=O) groups excluding carboxylic acids is 1. The third kappa shape index (κ3) is 4.18. The van der Waals surface area contributed by atoms with Gasteiger partial charge in [0.2, 0.25) is 0 Å². The highest BCUT2D eigenvalue weighted by molar-refractivity contribution is 6.01. The zero-order valence-electron chi connectivity index (χ0n) is 23.8. The first-order chi connectivity index (χ1) is 18.7. The Hall–Kier alpha value is -1.35. The number of carbonyl (C=O) groups is 1. The lowest BCUT2D eigenvalue weighted by Gasteiger charge is -2.60. The Morgan fingerprint density at radius 2 is 2.05 bits per heavy atom. The van der Waals surface area contributed by atoms with Crippen LogP contribution in [0, 0.1) is 28.6 Å². The third-order valence-electron chi connectivity index (χ3n) is 11.3. The number of hydrogen-bond acceptors (Lipinski definition) is 7. The Kier molecular flexibility index (Phi) is 7.26. The summed E-state index contributed by atoms with van der Waals surface area (Å²) in [6.07, 6.45) is 11.7. The van der Waals surface area contributed by atoms with E-state index in [-0.39, 0.29) is 53.9 Å². The van der Waals surface area contributed by atoms with Gasteiger partial charge in [0, 0.05) is 16.7 Å². The van der Waals surface area contributed by atoms with Crippen LogP contribution in [0.15, 0.2) is 36.0 Å². The van der Waals surface area contributed by atoms with Gasteiger partial charge in [0.05, 0.1) is 31.5 Å². The average Bonchev–Trinajstić information content (AvgIpc) is 3.39. The van der Waals surface area contributed by atoms with Gasteiger partial charge in [-0.15, -0.1) is 0 Å². The molecule has 5 fully saturated rings. The van der Waals surface area contributed by atoms with Gasteiger partial charge < -0.3 is 29.2 Å². The molecule has 0 bridgehead atoms. The van der Waals surface area contributed by atoms with Crippen LogP contribution in [0.1, 0.15) is 78.6 Å². The quantitative estimate of drug-likeness (QED) is 0.454. The number of ketones is 1. The fraction of sp³-hybridized carbons (Fsp3) is 0.781. The smallest absolute Gasteiger partial charge is 0.178 e. The van der Waals surface area contributed by atoms with Crippen molar-refractivity contribution >= 4 is 5.78 Å². The van der Waals surface area contributed by atoms with Crippen LogP contribution in [0.2, 0.25) is 0 Å². The standard InChI is InChI=1S/C32H46O7/c1-5-7-28-38-26-15-24-23-11-10-20-14-21(34)12-13-30(20,3)29(23)25(35)16-31(24,4)32(26,39-28)19(2)18-36-27-9-6-8-22(17-33)37-27/h12-14,22-29,33,35H,2,5-11,15-18H2,1,3-4H3/t22?,23-,24?,25-,26-,27?,28?,29+,30-,31-,32+/m0/s1. The first-order valence-electron chi connectivity index (χ1n) is 15.2. The molecular weight excluding hydrogens is 496 g/mol. The van der Waals surface area contributed by atoms with Gasteiger partial charge in [0.15, 0.2) is 18.4 Å². The summed E-state index contributed by atoms with van der Waals surface area (Å²) >= 11 is 0. The van der Waals surface area contributed by atoms with E-state index in [1.807, 2.05) is 0 Å². The molecule has 2 N–H and O–H groups in total. The Labute approximate surface area is 232 Å². The van der Waals surface area contributed by atoms with Crippen molar-refractivity contribution in [1.29, 1.82) is 0 Å². The molecule has 0 aromatic rings. The van der Waals surface area contributed by atoms with Crippen LogP contribution in [-0.2, 0) is 23.7 Å². The van der Waals surface area contributed by atoms with E-state index in [1.165, 1.54) is 0 Å². The van der Waals surface area contributed by atoms with Gasteiger partial charge in [0.1, 0.15) is 5.60 Å². The van der Waals surface area contributed by atoms with Crippen molar-refractivity contribution in [3.8, 4) is 0 Å². The number of aliphatic hydroxyl groups excluding tert-OH is 2. The number of rotatable bonds is 7. The summed E-state index contributed by atoms with van der Waals surface area (Å²) in [7, 11) is 0. The highest BCUT2D eigenvalue weighted by Crippen LogP contribution is 2.70. The van der Waals surface area contributed by atoms with Crippen LogP contribution < -0.4 is 0 Å². The van der Waals surface area contributed by atoms with Crippen molar-refractivity contribution < 1.29 is 34.0 Å². The van der Waals surface area contributed by atoms with Gasteiger partial charge in [-0.3, -0.25) is 4.79 Å². The number of hydrogen-bond donors (Lipinski definition) is 2. The lowest BCUT2D eigenvalue weighted by atomic mass is 9.46. The normalized spacial score (nSPS) is 48.6. The van der Waals surface area contributed by atoms with E-state index in [9.17, 15) is 15.0 Å². The van der Waals surface area contributed by atoms with E-state index in [0.717, 1.165) is 62.5 Å². The average molecular weight is 543 g/mol. The van der Waals surface area contributed by atoms with Crippen molar-refractivity contribution in [2.45, 2.75) is 115 Å². The maximum absolute atomic E-state index is 12.2. The maximum Gasteiger partial charge on any atom is 0.178 e. The number of fused-ring (bicyclic) bond motifs is 7. The van der Waals surface area contributed by atoms with Gasteiger partial charge in [-0.25, -0.2) is 0 Å². The summed E-state index contributed by atoms with van der Waals surface area (Å²) in [6, 6.07) is 0. The largest absolute Gasteiger partial charge is 0.394 e. The van der Waals surface area contributed by atoms with Crippen LogP contribution in [0.5, 0.6) is 0 Å². The van der Waals surface area contributed by atoms with E-state index in [4.69, 9.17) is 18.9 Å². The van der Waals surface area contributed by atoms with Gasteiger partial charge in [-0.05, 0) is 80.9 Å². The zero-order valence-corrected chi connectivity index (χ0v) is 23.8. The molecular formula is C32H46O7. The van der Waals surface area contributed by atoms with E-state index >= 15 is 0 Å². The minimum Gasteiger partial charge on any atom is -0.394 e. The summed E-state index contributed by atoms with van der Waals surface area (Å²) in [6.45, 7) is 11.5. The second kappa shape index (κ2) is 10.2. The first kappa shape index (κ1) is 27.8. The molecule has 0 aromatic heterocycles. The fourth-order valence-corrected chi connectivity index (χ4v) is 9.58. The number of ether oxygens (including phenoxy) is 4. The predicted octanol–water partition coefficient (Wildman–Crippen LogP) is 4.62. The second-order valence-corrected chi connectivity index (χ2v) is 13.4. The van der Waals surface area contributed by atoms with E-state index in [2.05, 4.69) is 33.4 Å². The molecule has 216 valence electrons. The minimum absolute atomic E-state index is 0.00182. The molecule has 7 nitrogen and oxygen atoms in total. The molecule has 0 aromatic carbocycles. The van der Waals surface area contributed by atoms with Crippen LogP contribution in [-0.4, -0.2) is 65.7 Å². The summed E-state index contributed by atoms with van der Waals surface area (Å²) in [4.78, 5) is 12.2. The lowest BCUT2D eigenvalue weighted by molar-refractivity contribution is -0.208. The zero-order chi connectivity index (χ0) is 27.6. The Morgan fingerprint density at radius 1 is 1.23 bits per heavy atom. The molecule has 0 spiro atoms. The Bertz CT molecular complexity index is 1050. The van der Waals surface area contributed by atoms with Crippen molar-refractivity contribution in [1.82, 2.24) is 0 Å². The first-order valence-corrected chi connectivity index (χ1v) is 15.2. The SMILES string of the molecule is C=C(COC1CCCC(CO)O1)[C@@]12OC(CCC)O[C@H]1CC1[C@@H]3CCC4=CC(=O)C=C[C@]4(C)[C@H]3[C@@H](O)C[C@@]12C. The lowest BCUT2D eigenvalue weighted by Crippen LogP contribution is -2.61. The Balaban J connectivity index is 1.30.